The summed E-state index contributed by atoms with van der Waals surface area (Å²) in [6.07, 6.45) is 2.53. The van der Waals surface area contributed by atoms with Crippen molar-refractivity contribution in [3.05, 3.63) is 75.1 Å². The van der Waals surface area contributed by atoms with E-state index in [9.17, 15) is 10.1 Å². The molecule has 0 atom stereocenters. The fraction of sp³-hybridized carbons (Fsp3) is 0.0625. The van der Waals surface area contributed by atoms with Crippen molar-refractivity contribution < 1.29 is 4.92 Å². The second kappa shape index (κ2) is 5.33. The molecule has 0 unspecified atom stereocenters. The zero-order valence-electron chi connectivity index (χ0n) is 11.8. The van der Waals surface area contributed by atoms with E-state index in [-0.39, 0.29) is 5.69 Å². The van der Waals surface area contributed by atoms with Crippen molar-refractivity contribution in [2.45, 2.75) is 6.42 Å². The van der Waals surface area contributed by atoms with Crippen molar-refractivity contribution in [2.24, 2.45) is 0 Å². The number of para-hydroxylation sites is 1. The highest BCUT2D eigenvalue weighted by molar-refractivity contribution is 7.23. The maximum atomic E-state index is 10.8. The Morgan fingerprint density at radius 2 is 2.09 bits per heavy atom. The Bertz CT molecular complexity index is 1050. The Morgan fingerprint density at radius 3 is 2.87 bits per heavy atom. The number of nitro benzene ring substituents is 1. The summed E-state index contributed by atoms with van der Waals surface area (Å²) >= 11 is 7.79. The summed E-state index contributed by atoms with van der Waals surface area (Å²) in [6.45, 7) is 0. The molecule has 2 aromatic heterocycles. The summed E-state index contributed by atoms with van der Waals surface area (Å²) in [7, 11) is 0. The van der Waals surface area contributed by atoms with Crippen LogP contribution in [0.25, 0.3) is 15.2 Å². The van der Waals surface area contributed by atoms with E-state index in [1.54, 1.807) is 17.4 Å². The SMILES string of the molecule is O=[N+]([O-])c1ccc(Cc2cn3c(n2)sc2ccccc23)c(Cl)c1. The van der Waals surface area contributed by atoms with E-state index >= 15 is 0 Å². The zero-order chi connectivity index (χ0) is 16.0. The molecule has 0 amide bonds. The van der Waals surface area contributed by atoms with E-state index in [1.165, 1.54) is 16.8 Å². The minimum atomic E-state index is -0.450. The topological polar surface area (TPSA) is 60.4 Å². The van der Waals surface area contributed by atoms with Crippen LogP contribution in [0.2, 0.25) is 5.02 Å². The highest BCUT2D eigenvalue weighted by atomic mass is 35.5. The molecule has 4 aromatic rings. The van der Waals surface area contributed by atoms with Gasteiger partial charge in [-0.15, -0.1) is 0 Å². The molecule has 0 fully saturated rings. The minimum absolute atomic E-state index is 0.00410. The van der Waals surface area contributed by atoms with Gasteiger partial charge in [-0.2, -0.15) is 0 Å². The fourth-order valence-corrected chi connectivity index (χ4v) is 3.84. The lowest BCUT2D eigenvalue weighted by molar-refractivity contribution is -0.384. The van der Waals surface area contributed by atoms with E-state index in [2.05, 4.69) is 21.5 Å². The predicted octanol–water partition coefficient (Wildman–Crippen LogP) is 4.70. The number of nitrogens with zero attached hydrogens (tertiary/aromatic N) is 3. The molecule has 23 heavy (non-hydrogen) atoms. The Hall–Kier alpha value is -2.44. The minimum Gasteiger partial charge on any atom is -0.290 e. The quantitative estimate of drug-likeness (QED) is 0.400. The van der Waals surface area contributed by atoms with Crippen LogP contribution in [-0.2, 0) is 6.42 Å². The number of imidazole rings is 1. The van der Waals surface area contributed by atoms with Crippen molar-refractivity contribution >= 4 is 43.8 Å². The van der Waals surface area contributed by atoms with Gasteiger partial charge in [0.15, 0.2) is 4.96 Å². The molecular weight excluding hydrogens is 334 g/mol. The molecule has 0 bridgehead atoms. The van der Waals surface area contributed by atoms with Gasteiger partial charge < -0.3 is 0 Å². The lowest BCUT2D eigenvalue weighted by Crippen LogP contribution is -1.93. The molecule has 0 aliphatic carbocycles. The van der Waals surface area contributed by atoms with Gasteiger partial charge in [0.05, 0.1) is 25.9 Å². The van der Waals surface area contributed by atoms with Crippen LogP contribution in [0.3, 0.4) is 0 Å². The van der Waals surface area contributed by atoms with Gasteiger partial charge in [-0.1, -0.05) is 41.1 Å². The van der Waals surface area contributed by atoms with Crippen LogP contribution in [0.15, 0.2) is 48.7 Å². The first-order valence-electron chi connectivity index (χ1n) is 6.90. The molecule has 4 rings (SSSR count). The molecule has 0 N–H and O–H groups in total. The number of hydrogen-bond donors (Lipinski definition) is 0. The van der Waals surface area contributed by atoms with Crippen molar-refractivity contribution in [2.75, 3.05) is 0 Å². The number of non-ortho nitro benzene ring substituents is 1. The third-order valence-electron chi connectivity index (χ3n) is 3.67. The molecule has 0 aliphatic rings. The van der Waals surface area contributed by atoms with E-state index < -0.39 is 4.92 Å². The highest BCUT2D eigenvalue weighted by Crippen LogP contribution is 2.28. The molecule has 5 nitrogen and oxygen atoms in total. The van der Waals surface area contributed by atoms with E-state index in [0.717, 1.165) is 21.7 Å². The summed E-state index contributed by atoms with van der Waals surface area (Å²) in [5.41, 5.74) is 2.83. The van der Waals surface area contributed by atoms with Gasteiger partial charge in [0.1, 0.15) is 0 Å². The second-order valence-electron chi connectivity index (χ2n) is 5.16. The molecule has 0 spiro atoms. The summed E-state index contributed by atoms with van der Waals surface area (Å²) < 4.78 is 3.25. The van der Waals surface area contributed by atoms with Crippen LogP contribution in [0, 0.1) is 10.1 Å². The number of thiazole rings is 1. The number of rotatable bonds is 3. The van der Waals surface area contributed by atoms with Crippen LogP contribution in [0.5, 0.6) is 0 Å². The Morgan fingerprint density at radius 1 is 1.26 bits per heavy atom. The molecule has 114 valence electrons. The lowest BCUT2D eigenvalue weighted by Gasteiger charge is -2.01. The third-order valence-corrected chi connectivity index (χ3v) is 5.06. The number of fused-ring (bicyclic) bond motifs is 3. The molecule has 7 heteroatoms. The monoisotopic (exact) mass is 343 g/mol. The summed E-state index contributed by atoms with van der Waals surface area (Å²) in [4.78, 5) is 15.9. The van der Waals surface area contributed by atoms with Crippen LogP contribution < -0.4 is 0 Å². The number of aromatic nitrogens is 2. The zero-order valence-corrected chi connectivity index (χ0v) is 13.3. The fourth-order valence-electron chi connectivity index (χ4n) is 2.57. The molecule has 0 saturated heterocycles. The van der Waals surface area contributed by atoms with Crippen LogP contribution in [-0.4, -0.2) is 14.3 Å². The van der Waals surface area contributed by atoms with Gasteiger partial charge in [-0.05, 0) is 17.7 Å². The number of benzene rings is 2. The van der Waals surface area contributed by atoms with Crippen molar-refractivity contribution in [1.82, 2.24) is 9.38 Å². The van der Waals surface area contributed by atoms with Crippen molar-refractivity contribution in [3.63, 3.8) is 0 Å². The second-order valence-corrected chi connectivity index (χ2v) is 6.58. The first-order valence-corrected chi connectivity index (χ1v) is 8.09. The first kappa shape index (κ1) is 14.2. The standard InChI is InChI=1S/C16H10ClN3O2S/c17-13-8-12(20(21)22)6-5-10(13)7-11-9-19-14-3-1-2-4-15(14)23-16(19)18-11/h1-6,8-9H,7H2. The van der Waals surface area contributed by atoms with Gasteiger partial charge in [-0.25, -0.2) is 4.98 Å². The highest BCUT2D eigenvalue weighted by Gasteiger charge is 2.13. The predicted molar refractivity (Wildman–Crippen MR) is 91.5 cm³/mol. The number of hydrogen-bond acceptors (Lipinski definition) is 4. The lowest BCUT2D eigenvalue weighted by atomic mass is 10.1. The summed E-state index contributed by atoms with van der Waals surface area (Å²) in [5.74, 6) is 0. The Labute approximate surface area is 139 Å². The van der Waals surface area contributed by atoms with Crippen LogP contribution in [0.1, 0.15) is 11.3 Å². The van der Waals surface area contributed by atoms with Crippen LogP contribution in [0.4, 0.5) is 5.69 Å². The summed E-state index contributed by atoms with van der Waals surface area (Å²) in [5, 5.41) is 11.2. The van der Waals surface area contributed by atoms with E-state index in [1.807, 2.05) is 18.3 Å². The van der Waals surface area contributed by atoms with Gasteiger partial charge in [0, 0.05) is 24.8 Å². The average molecular weight is 344 g/mol. The normalized spacial score (nSPS) is 11.3. The van der Waals surface area contributed by atoms with Crippen molar-refractivity contribution in [3.8, 4) is 0 Å². The molecule has 0 saturated carbocycles. The maximum absolute atomic E-state index is 10.8. The third kappa shape index (κ3) is 2.46. The first-order chi connectivity index (χ1) is 11.1. The molecule has 2 aromatic carbocycles. The van der Waals surface area contributed by atoms with Crippen molar-refractivity contribution in [1.29, 1.82) is 0 Å². The average Bonchev–Trinajstić information content (AvgIpc) is 3.06. The molecule has 0 radical (unpaired) electrons. The smallest absolute Gasteiger partial charge is 0.270 e. The Balaban J connectivity index is 1.71. The Kier molecular flexibility index (Phi) is 3.28. The van der Waals surface area contributed by atoms with Gasteiger partial charge in [0.25, 0.3) is 5.69 Å². The number of halogens is 1. The van der Waals surface area contributed by atoms with Gasteiger partial charge in [0.2, 0.25) is 0 Å². The molecule has 2 heterocycles. The molecule has 0 aliphatic heterocycles. The maximum Gasteiger partial charge on any atom is 0.270 e. The molecular formula is C16H10ClN3O2S. The van der Waals surface area contributed by atoms with Crippen LogP contribution >= 0.6 is 22.9 Å². The van der Waals surface area contributed by atoms with E-state index in [4.69, 9.17) is 11.6 Å². The number of nitro groups is 1. The van der Waals surface area contributed by atoms with E-state index in [0.29, 0.717) is 11.4 Å². The summed E-state index contributed by atoms with van der Waals surface area (Å²) in [6, 6.07) is 12.7. The van der Waals surface area contributed by atoms with Gasteiger partial charge >= 0.3 is 0 Å². The largest absolute Gasteiger partial charge is 0.290 e. The van der Waals surface area contributed by atoms with Gasteiger partial charge in [-0.3, -0.25) is 14.5 Å².